The summed E-state index contributed by atoms with van der Waals surface area (Å²) in [6, 6.07) is 16.7. The molecule has 2 amide bonds. The van der Waals surface area contributed by atoms with Crippen molar-refractivity contribution < 1.29 is 14.3 Å². The van der Waals surface area contributed by atoms with Gasteiger partial charge >= 0.3 is 0 Å². The number of nitrogens with one attached hydrogen (secondary N) is 2. The van der Waals surface area contributed by atoms with E-state index < -0.39 is 5.92 Å². The van der Waals surface area contributed by atoms with Crippen LogP contribution in [0.2, 0.25) is 0 Å². The Labute approximate surface area is 210 Å². The summed E-state index contributed by atoms with van der Waals surface area (Å²) in [6.45, 7) is 4.28. The molecule has 0 bridgehead atoms. The molecule has 0 radical (unpaired) electrons. The van der Waals surface area contributed by atoms with E-state index in [0.29, 0.717) is 18.0 Å². The number of aryl methyl sites for hydroxylation is 1. The van der Waals surface area contributed by atoms with Gasteiger partial charge in [-0.05, 0) is 56.2 Å². The van der Waals surface area contributed by atoms with E-state index in [9.17, 15) is 9.59 Å². The lowest BCUT2D eigenvalue weighted by atomic mass is 10.1. The van der Waals surface area contributed by atoms with Crippen molar-refractivity contribution in [2.75, 3.05) is 47.2 Å². The van der Waals surface area contributed by atoms with Gasteiger partial charge < -0.3 is 25.2 Å². The zero-order valence-corrected chi connectivity index (χ0v) is 20.5. The van der Waals surface area contributed by atoms with Crippen molar-refractivity contribution in [2.24, 2.45) is 5.92 Å². The summed E-state index contributed by atoms with van der Waals surface area (Å²) >= 11 is 0. The van der Waals surface area contributed by atoms with Gasteiger partial charge in [0.05, 0.1) is 13.0 Å². The van der Waals surface area contributed by atoms with Crippen molar-refractivity contribution in [1.82, 2.24) is 9.97 Å². The number of ether oxygens (including phenoxy) is 1. The number of anilines is 5. The molecule has 5 rings (SSSR count). The average molecular weight is 487 g/mol. The van der Waals surface area contributed by atoms with E-state index in [1.807, 2.05) is 55.5 Å². The molecule has 2 aliphatic rings. The zero-order valence-electron chi connectivity index (χ0n) is 20.5. The minimum atomic E-state index is -0.422. The Morgan fingerprint density at radius 3 is 2.53 bits per heavy atom. The van der Waals surface area contributed by atoms with Crippen LogP contribution in [0.25, 0.3) is 0 Å². The van der Waals surface area contributed by atoms with E-state index in [-0.39, 0.29) is 18.2 Å². The lowest BCUT2D eigenvalue weighted by molar-refractivity contribution is -0.122. The minimum Gasteiger partial charge on any atom is -0.497 e. The summed E-state index contributed by atoms with van der Waals surface area (Å²) in [5.41, 5.74) is 2.27. The van der Waals surface area contributed by atoms with E-state index in [4.69, 9.17) is 4.74 Å². The predicted octanol–water partition coefficient (Wildman–Crippen LogP) is 4.13. The van der Waals surface area contributed by atoms with Crippen molar-refractivity contribution in [1.29, 1.82) is 0 Å². The highest BCUT2D eigenvalue weighted by Crippen LogP contribution is 2.29. The third-order valence-electron chi connectivity index (χ3n) is 6.54. The SMILES string of the molecule is COc1cccc(N2CC(C(=O)Nc3ccc(Nc4cc(N5CCCC5)nc(C)n4)cc3)CC2=O)c1. The summed E-state index contributed by atoms with van der Waals surface area (Å²) in [7, 11) is 1.59. The number of nitrogens with zero attached hydrogens (tertiary/aromatic N) is 4. The number of methoxy groups -OCH3 is 1. The van der Waals surface area contributed by atoms with Crippen LogP contribution in [0.15, 0.2) is 54.6 Å². The van der Waals surface area contributed by atoms with Gasteiger partial charge in [0.1, 0.15) is 23.2 Å². The van der Waals surface area contributed by atoms with Crippen LogP contribution in [-0.2, 0) is 9.59 Å². The van der Waals surface area contributed by atoms with Crippen LogP contribution in [0.1, 0.15) is 25.1 Å². The molecule has 3 heterocycles. The fourth-order valence-corrected chi connectivity index (χ4v) is 4.66. The van der Waals surface area contributed by atoms with Crippen LogP contribution in [0.4, 0.5) is 28.7 Å². The van der Waals surface area contributed by atoms with E-state index >= 15 is 0 Å². The van der Waals surface area contributed by atoms with Crippen molar-refractivity contribution in [3.05, 3.63) is 60.4 Å². The Morgan fingerprint density at radius 2 is 1.78 bits per heavy atom. The van der Waals surface area contributed by atoms with Crippen LogP contribution in [-0.4, -0.2) is 48.5 Å². The Balaban J connectivity index is 1.20. The van der Waals surface area contributed by atoms with Crippen molar-refractivity contribution in [2.45, 2.75) is 26.2 Å². The van der Waals surface area contributed by atoms with E-state index in [1.54, 1.807) is 18.1 Å². The lowest BCUT2D eigenvalue weighted by Gasteiger charge is -2.18. The molecule has 186 valence electrons. The molecule has 2 aromatic carbocycles. The number of carbonyl (C=O) groups excluding carboxylic acids is 2. The Hall–Kier alpha value is -4.14. The maximum Gasteiger partial charge on any atom is 0.229 e. The molecule has 36 heavy (non-hydrogen) atoms. The van der Waals surface area contributed by atoms with E-state index in [2.05, 4.69) is 25.5 Å². The number of rotatable bonds is 7. The van der Waals surface area contributed by atoms with Gasteiger partial charge in [-0.1, -0.05) is 6.07 Å². The van der Waals surface area contributed by atoms with Gasteiger partial charge in [-0.3, -0.25) is 9.59 Å². The highest BCUT2D eigenvalue weighted by Gasteiger charge is 2.35. The second-order valence-corrected chi connectivity index (χ2v) is 9.15. The minimum absolute atomic E-state index is 0.0728. The molecule has 1 aromatic heterocycles. The van der Waals surface area contributed by atoms with Crippen LogP contribution < -0.4 is 25.2 Å². The van der Waals surface area contributed by atoms with Gasteiger partial charge in [0.15, 0.2) is 0 Å². The predicted molar refractivity (Wildman–Crippen MR) is 140 cm³/mol. The lowest BCUT2D eigenvalue weighted by Crippen LogP contribution is -2.28. The van der Waals surface area contributed by atoms with Crippen LogP contribution in [0, 0.1) is 12.8 Å². The quantitative estimate of drug-likeness (QED) is 0.518. The number of benzene rings is 2. The normalized spacial score (nSPS) is 17.4. The molecule has 0 saturated carbocycles. The molecule has 2 aliphatic heterocycles. The highest BCUT2D eigenvalue weighted by atomic mass is 16.5. The average Bonchev–Trinajstić information content (AvgIpc) is 3.55. The Kier molecular flexibility index (Phi) is 6.71. The first-order chi connectivity index (χ1) is 17.5. The summed E-state index contributed by atoms with van der Waals surface area (Å²) in [5.74, 6) is 2.41. The first kappa shape index (κ1) is 23.6. The molecule has 2 fully saturated rings. The molecule has 1 atom stereocenters. The molecule has 2 N–H and O–H groups in total. The van der Waals surface area contributed by atoms with Crippen LogP contribution in [0.3, 0.4) is 0 Å². The molecule has 9 nitrogen and oxygen atoms in total. The molecular weight excluding hydrogens is 456 g/mol. The smallest absolute Gasteiger partial charge is 0.229 e. The number of carbonyl (C=O) groups is 2. The molecule has 1 unspecified atom stereocenters. The Bertz CT molecular complexity index is 1260. The third kappa shape index (κ3) is 5.25. The standard InChI is InChI=1S/C27H30N6O3/c1-18-28-24(16-25(29-18)32-12-3-4-13-32)30-20-8-10-21(11-9-20)31-27(35)19-14-26(34)33(17-19)22-6-5-7-23(15-22)36-2/h5-11,15-16,19H,3-4,12-14,17H2,1-2H3,(H,31,35)(H,28,29,30). The van der Waals surface area contributed by atoms with Gasteiger partial charge in [0, 0.05) is 55.2 Å². The van der Waals surface area contributed by atoms with E-state index in [1.165, 1.54) is 12.8 Å². The van der Waals surface area contributed by atoms with Gasteiger partial charge in [-0.2, -0.15) is 0 Å². The molecule has 3 aromatic rings. The largest absolute Gasteiger partial charge is 0.497 e. The van der Waals surface area contributed by atoms with Gasteiger partial charge in [-0.15, -0.1) is 0 Å². The Morgan fingerprint density at radius 1 is 1.03 bits per heavy atom. The molecular formula is C27H30N6O3. The first-order valence-corrected chi connectivity index (χ1v) is 12.2. The van der Waals surface area contributed by atoms with Crippen LogP contribution >= 0.6 is 0 Å². The molecule has 0 aliphatic carbocycles. The third-order valence-corrected chi connectivity index (χ3v) is 6.54. The van der Waals surface area contributed by atoms with Crippen molar-refractivity contribution in [3.63, 3.8) is 0 Å². The second-order valence-electron chi connectivity index (χ2n) is 9.15. The first-order valence-electron chi connectivity index (χ1n) is 12.2. The topological polar surface area (TPSA) is 99.7 Å². The number of hydrogen-bond donors (Lipinski definition) is 2. The number of aromatic nitrogens is 2. The summed E-state index contributed by atoms with van der Waals surface area (Å²) in [6.07, 6.45) is 2.55. The summed E-state index contributed by atoms with van der Waals surface area (Å²) < 4.78 is 5.25. The molecule has 9 heteroatoms. The maximum atomic E-state index is 12.9. The zero-order chi connectivity index (χ0) is 25.1. The fourth-order valence-electron chi connectivity index (χ4n) is 4.66. The second kappa shape index (κ2) is 10.2. The number of amides is 2. The van der Waals surface area contributed by atoms with Gasteiger partial charge in [-0.25, -0.2) is 9.97 Å². The maximum absolute atomic E-state index is 12.9. The van der Waals surface area contributed by atoms with Crippen molar-refractivity contribution in [3.8, 4) is 5.75 Å². The van der Waals surface area contributed by atoms with Gasteiger partial charge in [0.2, 0.25) is 11.8 Å². The molecule has 0 spiro atoms. The molecule has 2 saturated heterocycles. The fraction of sp³-hybridized carbons (Fsp3) is 0.333. The number of hydrogen-bond acceptors (Lipinski definition) is 7. The van der Waals surface area contributed by atoms with E-state index in [0.717, 1.165) is 41.9 Å². The highest BCUT2D eigenvalue weighted by molar-refractivity contribution is 6.03. The monoisotopic (exact) mass is 486 g/mol. The van der Waals surface area contributed by atoms with Crippen molar-refractivity contribution >= 4 is 40.5 Å². The van der Waals surface area contributed by atoms with Crippen LogP contribution in [0.5, 0.6) is 5.75 Å². The summed E-state index contributed by atoms with van der Waals surface area (Å²) in [4.78, 5) is 38.5. The summed E-state index contributed by atoms with van der Waals surface area (Å²) in [5, 5.41) is 6.27. The van der Waals surface area contributed by atoms with Gasteiger partial charge in [0.25, 0.3) is 0 Å².